The van der Waals surface area contributed by atoms with Gasteiger partial charge < -0.3 is 19.6 Å². The summed E-state index contributed by atoms with van der Waals surface area (Å²) in [6.07, 6.45) is -0.700. The molecule has 4 aromatic rings. The standard InChI is InChI=1S/C26H24F2N2O4/c27-18-6-2-16(3-7-18)25(17-4-8-19(28)9-5-17)24-12-22(31)21(14-33-24)29-13-15-1-10-20-23(11-15)34-26(32)30-20/h1-11,21-22,24-25,29,31H,12-14H2,(H,30,32)/t21-,22+,24+/m1/s1. The zero-order valence-corrected chi connectivity index (χ0v) is 18.2. The fourth-order valence-corrected chi connectivity index (χ4v) is 4.55. The van der Waals surface area contributed by atoms with Crippen molar-refractivity contribution in [2.45, 2.75) is 37.1 Å². The Kier molecular flexibility index (Phi) is 6.28. The number of hydrogen-bond donors (Lipinski definition) is 3. The van der Waals surface area contributed by atoms with Gasteiger partial charge in [0.25, 0.3) is 0 Å². The van der Waals surface area contributed by atoms with Crippen molar-refractivity contribution in [1.29, 1.82) is 0 Å². The number of aromatic amines is 1. The van der Waals surface area contributed by atoms with E-state index in [9.17, 15) is 18.7 Å². The molecule has 0 radical (unpaired) electrons. The van der Waals surface area contributed by atoms with Crippen LogP contribution in [0.4, 0.5) is 8.78 Å². The van der Waals surface area contributed by atoms with E-state index in [1.165, 1.54) is 24.3 Å². The number of hydrogen-bond acceptors (Lipinski definition) is 5. The minimum absolute atomic E-state index is 0.270. The zero-order chi connectivity index (χ0) is 23.7. The smallest absolute Gasteiger partial charge is 0.408 e. The molecule has 3 atom stereocenters. The van der Waals surface area contributed by atoms with E-state index in [1.807, 2.05) is 6.07 Å². The molecule has 0 saturated carbocycles. The Hall–Kier alpha value is -3.33. The fraction of sp³-hybridized carbons (Fsp3) is 0.269. The molecular weight excluding hydrogens is 442 g/mol. The number of aliphatic hydroxyl groups is 1. The first-order valence-corrected chi connectivity index (χ1v) is 11.1. The van der Waals surface area contributed by atoms with Gasteiger partial charge in [0.05, 0.1) is 30.4 Å². The minimum Gasteiger partial charge on any atom is -0.408 e. The van der Waals surface area contributed by atoms with Gasteiger partial charge in [-0.25, -0.2) is 13.6 Å². The summed E-state index contributed by atoms with van der Waals surface area (Å²) in [5, 5.41) is 14.2. The highest BCUT2D eigenvalue weighted by atomic mass is 19.1. The maximum absolute atomic E-state index is 13.5. The molecule has 6 nitrogen and oxygen atoms in total. The molecule has 1 saturated heterocycles. The van der Waals surface area contributed by atoms with Gasteiger partial charge in [0.2, 0.25) is 0 Å². The highest BCUT2D eigenvalue weighted by Crippen LogP contribution is 2.35. The molecule has 5 rings (SSSR count). The SMILES string of the molecule is O=c1[nH]c2ccc(CN[C@@H]3CO[C@H](C(c4ccc(F)cc4)c4ccc(F)cc4)C[C@@H]3O)cc2o1. The summed E-state index contributed by atoms with van der Waals surface area (Å²) in [4.78, 5) is 14.0. The van der Waals surface area contributed by atoms with E-state index in [0.717, 1.165) is 16.7 Å². The van der Waals surface area contributed by atoms with Crippen LogP contribution in [-0.4, -0.2) is 34.9 Å². The third-order valence-electron chi connectivity index (χ3n) is 6.31. The Morgan fingerprint density at radius 2 is 1.65 bits per heavy atom. The minimum atomic E-state index is -0.684. The number of benzene rings is 3. The van der Waals surface area contributed by atoms with Crippen molar-refractivity contribution >= 4 is 11.1 Å². The van der Waals surface area contributed by atoms with Crippen molar-refractivity contribution in [2.75, 3.05) is 6.61 Å². The highest BCUT2D eigenvalue weighted by Gasteiger charge is 2.35. The topological polar surface area (TPSA) is 87.5 Å². The second-order valence-electron chi connectivity index (χ2n) is 8.59. The van der Waals surface area contributed by atoms with E-state index in [0.29, 0.717) is 24.1 Å². The van der Waals surface area contributed by atoms with Crippen LogP contribution in [0.2, 0.25) is 0 Å². The molecule has 0 amide bonds. The monoisotopic (exact) mass is 466 g/mol. The lowest BCUT2D eigenvalue weighted by atomic mass is 9.82. The third kappa shape index (κ3) is 4.79. The molecule has 3 aromatic carbocycles. The molecule has 0 bridgehead atoms. The summed E-state index contributed by atoms with van der Waals surface area (Å²) in [6, 6.07) is 17.5. The van der Waals surface area contributed by atoms with Gasteiger partial charge in [-0.2, -0.15) is 0 Å². The van der Waals surface area contributed by atoms with Crippen LogP contribution in [-0.2, 0) is 11.3 Å². The van der Waals surface area contributed by atoms with Crippen LogP contribution >= 0.6 is 0 Å². The first-order chi connectivity index (χ1) is 16.5. The van der Waals surface area contributed by atoms with Gasteiger partial charge in [0, 0.05) is 18.9 Å². The lowest BCUT2D eigenvalue weighted by molar-refractivity contribution is -0.0718. The first-order valence-electron chi connectivity index (χ1n) is 11.1. The molecule has 176 valence electrons. The number of nitrogens with one attached hydrogen (secondary N) is 2. The molecule has 8 heteroatoms. The third-order valence-corrected chi connectivity index (χ3v) is 6.31. The van der Waals surface area contributed by atoms with Crippen molar-refractivity contribution < 1.29 is 23.0 Å². The second-order valence-corrected chi connectivity index (χ2v) is 8.59. The second kappa shape index (κ2) is 9.50. The molecule has 0 aliphatic carbocycles. The number of oxazole rings is 1. The Balaban J connectivity index is 1.29. The van der Waals surface area contributed by atoms with E-state index in [-0.39, 0.29) is 36.3 Å². The molecule has 1 aromatic heterocycles. The van der Waals surface area contributed by atoms with Crippen LogP contribution in [0, 0.1) is 11.6 Å². The summed E-state index contributed by atoms with van der Waals surface area (Å²) in [5.74, 6) is -1.46. The van der Waals surface area contributed by atoms with Gasteiger partial charge in [-0.1, -0.05) is 30.3 Å². The molecule has 1 aliphatic heterocycles. The summed E-state index contributed by atoms with van der Waals surface area (Å²) < 4.78 is 38.3. The normalized spacial score (nSPS) is 20.8. The van der Waals surface area contributed by atoms with Crippen LogP contribution in [0.15, 0.2) is 75.9 Å². The molecule has 0 unspecified atom stereocenters. The maximum Gasteiger partial charge on any atom is 0.417 e. The van der Waals surface area contributed by atoms with Gasteiger partial charge in [-0.15, -0.1) is 0 Å². The number of H-pyrrole nitrogens is 1. The van der Waals surface area contributed by atoms with E-state index in [2.05, 4.69) is 10.3 Å². The van der Waals surface area contributed by atoms with Crippen LogP contribution < -0.4 is 11.1 Å². The van der Waals surface area contributed by atoms with Crippen molar-refractivity contribution in [2.24, 2.45) is 0 Å². The van der Waals surface area contributed by atoms with Crippen LogP contribution in [0.5, 0.6) is 0 Å². The van der Waals surface area contributed by atoms with Gasteiger partial charge >= 0.3 is 5.76 Å². The van der Waals surface area contributed by atoms with Crippen LogP contribution in [0.1, 0.15) is 29.0 Å². The zero-order valence-electron chi connectivity index (χ0n) is 18.2. The molecule has 3 N–H and O–H groups in total. The predicted octanol–water partition coefficient (Wildman–Crippen LogP) is 3.84. The quantitative estimate of drug-likeness (QED) is 0.402. The largest absolute Gasteiger partial charge is 0.417 e. The van der Waals surface area contributed by atoms with Gasteiger partial charge in [0.15, 0.2) is 5.58 Å². The number of ether oxygens (including phenoxy) is 1. The van der Waals surface area contributed by atoms with E-state index < -0.39 is 11.9 Å². The van der Waals surface area contributed by atoms with Crippen molar-refractivity contribution in [3.8, 4) is 0 Å². The van der Waals surface area contributed by atoms with E-state index >= 15 is 0 Å². The summed E-state index contributed by atoms with van der Waals surface area (Å²) in [7, 11) is 0. The summed E-state index contributed by atoms with van der Waals surface area (Å²) in [6.45, 7) is 0.728. The summed E-state index contributed by atoms with van der Waals surface area (Å²) in [5.41, 5.74) is 3.67. The van der Waals surface area contributed by atoms with Gasteiger partial charge in [-0.05, 0) is 53.1 Å². The first kappa shape index (κ1) is 22.5. The number of halogens is 2. The Labute approximate surface area is 194 Å². The molecular formula is C26H24F2N2O4. The predicted molar refractivity (Wildman–Crippen MR) is 122 cm³/mol. The Bertz CT molecular complexity index is 1270. The Morgan fingerprint density at radius 1 is 1.00 bits per heavy atom. The lowest BCUT2D eigenvalue weighted by Gasteiger charge is -2.38. The number of rotatable bonds is 6. The average molecular weight is 466 g/mol. The maximum atomic E-state index is 13.5. The van der Waals surface area contributed by atoms with Gasteiger partial charge in [0.1, 0.15) is 11.6 Å². The molecule has 2 heterocycles. The van der Waals surface area contributed by atoms with E-state index in [4.69, 9.17) is 9.15 Å². The summed E-state index contributed by atoms with van der Waals surface area (Å²) >= 11 is 0. The molecule has 1 fully saturated rings. The molecule has 0 spiro atoms. The molecule has 34 heavy (non-hydrogen) atoms. The van der Waals surface area contributed by atoms with Gasteiger partial charge in [-0.3, -0.25) is 4.98 Å². The number of aliphatic hydroxyl groups excluding tert-OH is 1. The van der Waals surface area contributed by atoms with Crippen molar-refractivity contribution in [3.63, 3.8) is 0 Å². The van der Waals surface area contributed by atoms with Crippen molar-refractivity contribution in [3.05, 3.63) is 106 Å². The lowest BCUT2D eigenvalue weighted by Crippen LogP contribution is -2.50. The molecule has 1 aliphatic rings. The Morgan fingerprint density at radius 3 is 2.26 bits per heavy atom. The number of aromatic nitrogens is 1. The highest BCUT2D eigenvalue weighted by molar-refractivity contribution is 5.72. The average Bonchev–Trinajstić information content (AvgIpc) is 3.20. The van der Waals surface area contributed by atoms with E-state index in [1.54, 1.807) is 36.4 Å². The number of fused-ring (bicyclic) bond motifs is 1. The van der Waals surface area contributed by atoms with Crippen LogP contribution in [0.3, 0.4) is 0 Å². The van der Waals surface area contributed by atoms with Crippen LogP contribution in [0.25, 0.3) is 11.1 Å². The van der Waals surface area contributed by atoms with Crippen molar-refractivity contribution in [1.82, 2.24) is 10.3 Å². The fourth-order valence-electron chi connectivity index (χ4n) is 4.55.